The quantitative estimate of drug-likeness (QED) is 0.738. The van der Waals surface area contributed by atoms with Gasteiger partial charge >= 0.3 is 0 Å². The molecule has 0 atom stereocenters. The number of tetrazole rings is 1. The third kappa shape index (κ3) is 2.48. The van der Waals surface area contributed by atoms with Crippen molar-refractivity contribution in [2.24, 2.45) is 0 Å². The van der Waals surface area contributed by atoms with E-state index in [1.165, 1.54) is 0 Å². The predicted molar refractivity (Wildman–Crippen MR) is 83.5 cm³/mol. The van der Waals surface area contributed by atoms with Crippen molar-refractivity contribution in [2.75, 3.05) is 5.73 Å². The number of nitrogens with zero attached hydrogens (tertiary/aromatic N) is 4. The van der Waals surface area contributed by atoms with Gasteiger partial charge in [-0.05, 0) is 53.6 Å². The van der Waals surface area contributed by atoms with Crippen LogP contribution in [-0.4, -0.2) is 20.2 Å². The zero-order chi connectivity index (χ0) is 15.0. The van der Waals surface area contributed by atoms with E-state index in [0.29, 0.717) is 16.5 Å². The third-order valence-electron chi connectivity index (χ3n) is 3.41. The summed E-state index contributed by atoms with van der Waals surface area (Å²) in [5.74, 6) is 0.626. The molecule has 1 heterocycles. The highest BCUT2D eigenvalue weighted by molar-refractivity contribution is 6.31. The number of halogens is 1. The van der Waals surface area contributed by atoms with Crippen LogP contribution in [0.3, 0.4) is 0 Å². The summed E-state index contributed by atoms with van der Waals surface area (Å²) < 4.78 is 1.65. The van der Waals surface area contributed by atoms with E-state index in [0.717, 1.165) is 22.4 Å². The highest BCUT2D eigenvalue weighted by Crippen LogP contribution is 2.25. The number of nitrogen functional groups attached to an aromatic ring is 1. The number of hydrogen-bond acceptors (Lipinski definition) is 4. The van der Waals surface area contributed by atoms with E-state index >= 15 is 0 Å². The van der Waals surface area contributed by atoms with E-state index in [-0.39, 0.29) is 0 Å². The van der Waals surface area contributed by atoms with Crippen molar-refractivity contribution in [2.45, 2.75) is 13.8 Å². The summed E-state index contributed by atoms with van der Waals surface area (Å²) in [6, 6.07) is 11.5. The molecule has 0 spiro atoms. The number of nitrogens with two attached hydrogens (primary N) is 1. The van der Waals surface area contributed by atoms with E-state index in [4.69, 9.17) is 17.3 Å². The Bertz CT molecular complexity index is 744. The Labute approximate surface area is 127 Å². The van der Waals surface area contributed by atoms with Gasteiger partial charge in [0.2, 0.25) is 0 Å². The summed E-state index contributed by atoms with van der Waals surface area (Å²) in [6.07, 6.45) is 0. The number of anilines is 1. The molecule has 5 nitrogen and oxygen atoms in total. The fraction of sp³-hybridized carbons (Fsp3) is 0.133. The smallest absolute Gasteiger partial charge is 0.187 e. The van der Waals surface area contributed by atoms with Crippen molar-refractivity contribution in [3.05, 3.63) is 52.5 Å². The fourth-order valence-electron chi connectivity index (χ4n) is 2.03. The van der Waals surface area contributed by atoms with E-state index in [1.807, 2.05) is 50.2 Å². The molecule has 3 aromatic rings. The minimum absolute atomic E-state index is 0.626. The van der Waals surface area contributed by atoms with Gasteiger partial charge < -0.3 is 5.73 Å². The SMILES string of the molecule is Cc1ccc(-c2nnnn2-c2ccc(C)c(Cl)c2)cc1N. The van der Waals surface area contributed by atoms with Crippen LogP contribution in [0, 0.1) is 13.8 Å². The highest BCUT2D eigenvalue weighted by Gasteiger charge is 2.12. The first-order valence-electron chi connectivity index (χ1n) is 6.47. The van der Waals surface area contributed by atoms with Crippen LogP contribution in [0.2, 0.25) is 5.02 Å². The Morgan fingerprint density at radius 3 is 2.52 bits per heavy atom. The molecule has 0 fully saturated rings. The summed E-state index contributed by atoms with van der Waals surface area (Å²) in [5.41, 5.74) is 10.4. The normalized spacial score (nSPS) is 10.8. The Morgan fingerprint density at radius 2 is 1.81 bits per heavy atom. The van der Waals surface area contributed by atoms with Crippen LogP contribution in [0.25, 0.3) is 17.1 Å². The van der Waals surface area contributed by atoms with E-state index in [9.17, 15) is 0 Å². The lowest BCUT2D eigenvalue weighted by molar-refractivity contribution is 0.791. The maximum Gasteiger partial charge on any atom is 0.187 e. The van der Waals surface area contributed by atoms with Crippen molar-refractivity contribution in [1.29, 1.82) is 0 Å². The molecule has 3 rings (SSSR count). The molecule has 0 bridgehead atoms. The molecule has 21 heavy (non-hydrogen) atoms. The van der Waals surface area contributed by atoms with Crippen molar-refractivity contribution >= 4 is 17.3 Å². The average molecular weight is 300 g/mol. The van der Waals surface area contributed by atoms with Crippen LogP contribution in [-0.2, 0) is 0 Å². The molecule has 1 aromatic heterocycles. The van der Waals surface area contributed by atoms with Crippen LogP contribution in [0.4, 0.5) is 5.69 Å². The molecule has 106 valence electrons. The zero-order valence-corrected chi connectivity index (χ0v) is 12.5. The average Bonchev–Trinajstić information content (AvgIpc) is 2.94. The van der Waals surface area contributed by atoms with Gasteiger partial charge in [0, 0.05) is 16.3 Å². The van der Waals surface area contributed by atoms with Gasteiger partial charge in [-0.25, -0.2) is 0 Å². The fourth-order valence-corrected chi connectivity index (χ4v) is 2.21. The van der Waals surface area contributed by atoms with E-state index in [2.05, 4.69) is 15.5 Å². The number of rotatable bonds is 2. The second kappa shape index (κ2) is 5.18. The van der Waals surface area contributed by atoms with Gasteiger partial charge in [0.05, 0.1) is 5.69 Å². The summed E-state index contributed by atoms with van der Waals surface area (Å²) in [5, 5.41) is 12.6. The lowest BCUT2D eigenvalue weighted by Crippen LogP contribution is -2.01. The molecular weight excluding hydrogens is 286 g/mol. The number of aryl methyl sites for hydroxylation is 2. The Morgan fingerprint density at radius 1 is 1.05 bits per heavy atom. The Hall–Kier alpha value is -2.40. The molecule has 0 aliphatic rings. The van der Waals surface area contributed by atoms with Crippen LogP contribution in [0.15, 0.2) is 36.4 Å². The highest BCUT2D eigenvalue weighted by atomic mass is 35.5. The molecule has 0 saturated heterocycles. The van der Waals surface area contributed by atoms with Crippen molar-refractivity contribution in [3.63, 3.8) is 0 Å². The second-order valence-electron chi connectivity index (χ2n) is 4.92. The Balaban J connectivity index is 2.12. The van der Waals surface area contributed by atoms with Gasteiger partial charge in [-0.1, -0.05) is 29.8 Å². The van der Waals surface area contributed by atoms with Crippen LogP contribution >= 0.6 is 11.6 Å². The molecule has 2 N–H and O–H groups in total. The molecule has 2 aromatic carbocycles. The van der Waals surface area contributed by atoms with Gasteiger partial charge in [0.15, 0.2) is 5.82 Å². The minimum atomic E-state index is 0.626. The van der Waals surface area contributed by atoms with Crippen molar-refractivity contribution in [3.8, 4) is 17.1 Å². The zero-order valence-electron chi connectivity index (χ0n) is 11.7. The third-order valence-corrected chi connectivity index (χ3v) is 3.81. The molecule has 0 saturated carbocycles. The molecule has 6 heteroatoms. The summed E-state index contributed by atoms with van der Waals surface area (Å²) in [6.45, 7) is 3.91. The first kappa shape index (κ1) is 13.6. The van der Waals surface area contributed by atoms with E-state index < -0.39 is 0 Å². The molecule has 0 unspecified atom stereocenters. The second-order valence-corrected chi connectivity index (χ2v) is 5.33. The molecule has 0 aliphatic heterocycles. The van der Waals surface area contributed by atoms with Gasteiger partial charge in [-0.3, -0.25) is 0 Å². The first-order valence-corrected chi connectivity index (χ1v) is 6.85. The maximum absolute atomic E-state index is 6.17. The van der Waals surface area contributed by atoms with Crippen LogP contribution in [0.5, 0.6) is 0 Å². The van der Waals surface area contributed by atoms with Gasteiger partial charge in [0.25, 0.3) is 0 Å². The van der Waals surface area contributed by atoms with Gasteiger partial charge in [0.1, 0.15) is 0 Å². The van der Waals surface area contributed by atoms with E-state index in [1.54, 1.807) is 4.68 Å². The number of aromatic nitrogens is 4. The number of hydrogen-bond donors (Lipinski definition) is 1. The monoisotopic (exact) mass is 299 g/mol. The lowest BCUT2D eigenvalue weighted by atomic mass is 10.1. The molecular formula is C15H14ClN5. The lowest BCUT2D eigenvalue weighted by Gasteiger charge is -2.08. The summed E-state index contributed by atoms with van der Waals surface area (Å²) in [4.78, 5) is 0. The molecule has 0 radical (unpaired) electrons. The van der Waals surface area contributed by atoms with Gasteiger partial charge in [-0.2, -0.15) is 4.68 Å². The molecule has 0 aliphatic carbocycles. The summed E-state index contributed by atoms with van der Waals surface area (Å²) >= 11 is 6.17. The standard InChI is InChI=1S/C15H14ClN5/c1-9-4-6-12(8-13(9)16)21-15(18-19-20-21)11-5-3-10(2)14(17)7-11/h3-8H,17H2,1-2H3. The first-order chi connectivity index (χ1) is 10.1. The van der Waals surface area contributed by atoms with Crippen molar-refractivity contribution in [1.82, 2.24) is 20.2 Å². The van der Waals surface area contributed by atoms with Crippen molar-refractivity contribution < 1.29 is 0 Å². The van der Waals surface area contributed by atoms with Gasteiger partial charge in [-0.15, -0.1) is 5.10 Å². The Kier molecular flexibility index (Phi) is 3.35. The minimum Gasteiger partial charge on any atom is -0.398 e. The molecule has 0 amide bonds. The maximum atomic E-state index is 6.17. The topological polar surface area (TPSA) is 69.6 Å². The van der Waals surface area contributed by atoms with Crippen LogP contribution < -0.4 is 5.73 Å². The number of benzene rings is 2. The van der Waals surface area contributed by atoms with Crippen LogP contribution in [0.1, 0.15) is 11.1 Å². The summed E-state index contributed by atoms with van der Waals surface area (Å²) in [7, 11) is 0. The largest absolute Gasteiger partial charge is 0.398 e. The predicted octanol–water partition coefficient (Wildman–Crippen LogP) is 3.18.